The smallest absolute Gasteiger partial charge is 0.0544 e. The summed E-state index contributed by atoms with van der Waals surface area (Å²) in [7, 11) is 0. The van der Waals surface area contributed by atoms with Crippen molar-refractivity contribution in [1.82, 2.24) is 4.98 Å². The zero-order valence-electron chi connectivity index (χ0n) is 5.76. The van der Waals surface area contributed by atoms with E-state index in [0.717, 1.165) is 22.1 Å². The average Bonchev–Trinajstić information content (AvgIpc) is 1.88. The molecule has 1 aromatic heterocycles. The van der Waals surface area contributed by atoms with E-state index in [4.69, 9.17) is 5.73 Å². The number of anilines is 1. The van der Waals surface area contributed by atoms with Gasteiger partial charge >= 0.3 is 0 Å². The standard InChI is InChI=1S/C7H9BrN2/c1-5-3-10-4-7(9)6(5)2-8/h3-4H,2,9H2,1H3. The monoisotopic (exact) mass is 200 g/mol. The predicted molar refractivity (Wildman–Crippen MR) is 46.0 cm³/mol. The molecule has 0 aliphatic rings. The number of aryl methyl sites for hydroxylation is 1. The molecule has 0 aromatic carbocycles. The quantitative estimate of drug-likeness (QED) is 0.704. The second-order valence-electron chi connectivity index (χ2n) is 2.16. The largest absolute Gasteiger partial charge is 0.397 e. The summed E-state index contributed by atoms with van der Waals surface area (Å²) in [5, 5.41) is 0.799. The summed E-state index contributed by atoms with van der Waals surface area (Å²) in [6, 6.07) is 0. The maximum absolute atomic E-state index is 5.64. The Morgan fingerprint density at radius 2 is 2.30 bits per heavy atom. The Bertz CT molecular complexity index is 215. The van der Waals surface area contributed by atoms with Crippen LogP contribution < -0.4 is 5.73 Å². The van der Waals surface area contributed by atoms with Crippen LogP contribution in [0.15, 0.2) is 12.4 Å². The number of nitrogens with zero attached hydrogens (tertiary/aromatic N) is 1. The lowest BCUT2D eigenvalue weighted by atomic mass is 10.1. The first kappa shape index (κ1) is 7.54. The van der Waals surface area contributed by atoms with Crippen molar-refractivity contribution in [1.29, 1.82) is 0 Å². The number of nitrogens with two attached hydrogens (primary N) is 1. The van der Waals surface area contributed by atoms with Gasteiger partial charge in [-0.3, -0.25) is 4.98 Å². The number of rotatable bonds is 1. The van der Waals surface area contributed by atoms with Gasteiger partial charge in [-0.05, 0) is 18.1 Å². The van der Waals surface area contributed by atoms with Gasteiger partial charge in [0.2, 0.25) is 0 Å². The van der Waals surface area contributed by atoms with E-state index < -0.39 is 0 Å². The molecule has 0 saturated carbocycles. The fourth-order valence-electron chi connectivity index (χ4n) is 0.795. The van der Waals surface area contributed by atoms with Crippen LogP contribution in [0, 0.1) is 6.92 Å². The molecule has 2 N–H and O–H groups in total. The molecule has 0 aliphatic heterocycles. The Morgan fingerprint density at radius 3 is 2.70 bits per heavy atom. The molecule has 1 rings (SSSR count). The molecule has 10 heavy (non-hydrogen) atoms. The van der Waals surface area contributed by atoms with Crippen LogP contribution in [0.4, 0.5) is 5.69 Å². The van der Waals surface area contributed by atoms with Crippen LogP contribution in [0.3, 0.4) is 0 Å². The number of hydrogen-bond donors (Lipinski definition) is 1. The number of pyridine rings is 1. The van der Waals surface area contributed by atoms with Crippen molar-refractivity contribution >= 4 is 21.6 Å². The Labute approximate surface area is 68.6 Å². The van der Waals surface area contributed by atoms with Gasteiger partial charge in [-0.15, -0.1) is 0 Å². The molecule has 0 amide bonds. The lowest BCUT2D eigenvalue weighted by Gasteiger charge is -2.03. The van der Waals surface area contributed by atoms with Crippen molar-refractivity contribution in [2.24, 2.45) is 0 Å². The van der Waals surface area contributed by atoms with E-state index in [0.29, 0.717) is 0 Å². The van der Waals surface area contributed by atoms with Gasteiger partial charge in [0.15, 0.2) is 0 Å². The zero-order valence-corrected chi connectivity index (χ0v) is 7.35. The van der Waals surface area contributed by atoms with Gasteiger partial charge in [0, 0.05) is 11.5 Å². The number of aromatic nitrogens is 1. The summed E-state index contributed by atoms with van der Waals surface area (Å²) in [5.41, 5.74) is 8.67. The molecule has 3 heteroatoms. The number of halogens is 1. The highest BCUT2D eigenvalue weighted by Gasteiger charge is 1.99. The molecule has 0 fully saturated rings. The Hall–Kier alpha value is -0.570. The second-order valence-corrected chi connectivity index (χ2v) is 2.72. The minimum Gasteiger partial charge on any atom is -0.397 e. The minimum atomic E-state index is 0.761. The third kappa shape index (κ3) is 1.29. The van der Waals surface area contributed by atoms with Crippen molar-refractivity contribution < 1.29 is 0 Å². The molecular formula is C7H9BrN2. The SMILES string of the molecule is Cc1cncc(N)c1CBr. The van der Waals surface area contributed by atoms with E-state index in [1.165, 1.54) is 0 Å². The third-order valence-corrected chi connectivity index (χ3v) is 2.00. The lowest BCUT2D eigenvalue weighted by molar-refractivity contribution is 1.21. The minimum absolute atomic E-state index is 0.761. The van der Waals surface area contributed by atoms with Crippen molar-refractivity contribution in [3.63, 3.8) is 0 Å². The van der Waals surface area contributed by atoms with E-state index in [9.17, 15) is 0 Å². The molecule has 0 atom stereocenters. The summed E-state index contributed by atoms with van der Waals surface area (Å²) in [4.78, 5) is 3.95. The third-order valence-electron chi connectivity index (χ3n) is 1.44. The van der Waals surface area contributed by atoms with E-state index in [1.807, 2.05) is 13.1 Å². The average molecular weight is 201 g/mol. The predicted octanol–water partition coefficient (Wildman–Crippen LogP) is 1.87. The molecule has 2 nitrogen and oxygen atoms in total. The first-order chi connectivity index (χ1) is 4.75. The van der Waals surface area contributed by atoms with Crippen LogP contribution in [-0.4, -0.2) is 4.98 Å². The molecule has 0 unspecified atom stereocenters. The molecule has 0 spiro atoms. The number of hydrogen-bond acceptors (Lipinski definition) is 2. The summed E-state index contributed by atoms with van der Waals surface area (Å²) in [6.45, 7) is 2.00. The Balaban J connectivity index is 3.17. The van der Waals surface area contributed by atoms with Crippen molar-refractivity contribution in [3.05, 3.63) is 23.5 Å². The van der Waals surface area contributed by atoms with Gasteiger partial charge < -0.3 is 5.73 Å². The second kappa shape index (κ2) is 3.01. The summed E-state index contributed by atoms with van der Waals surface area (Å²) in [5.74, 6) is 0. The van der Waals surface area contributed by atoms with Gasteiger partial charge in [0.05, 0.1) is 11.9 Å². The topological polar surface area (TPSA) is 38.9 Å². The maximum Gasteiger partial charge on any atom is 0.0544 e. The van der Waals surface area contributed by atoms with E-state index in [1.54, 1.807) is 6.20 Å². The first-order valence-corrected chi connectivity index (χ1v) is 4.12. The van der Waals surface area contributed by atoms with Crippen LogP contribution in [0.5, 0.6) is 0 Å². The molecule has 0 saturated heterocycles. The lowest BCUT2D eigenvalue weighted by Crippen LogP contribution is -1.95. The highest BCUT2D eigenvalue weighted by Crippen LogP contribution is 2.16. The molecule has 0 aliphatic carbocycles. The summed E-state index contributed by atoms with van der Waals surface area (Å²) < 4.78 is 0. The summed E-state index contributed by atoms with van der Waals surface area (Å²) in [6.07, 6.45) is 3.48. The first-order valence-electron chi connectivity index (χ1n) is 3.00. The van der Waals surface area contributed by atoms with Crippen molar-refractivity contribution in [2.75, 3.05) is 5.73 Å². The van der Waals surface area contributed by atoms with Crippen LogP contribution >= 0.6 is 15.9 Å². The van der Waals surface area contributed by atoms with E-state index in [-0.39, 0.29) is 0 Å². The fraction of sp³-hybridized carbons (Fsp3) is 0.286. The van der Waals surface area contributed by atoms with Gasteiger partial charge in [-0.2, -0.15) is 0 Å². The number of alkyl halides is 1. The normalized spacial score (nSPS) is 9.80. The molecule has 1 aromatic rings. The van der Waals surface area contributed by atoms with Crippen LogP contribution in [0.25, 0.3) is 0 Å². The highest BCUT2D eigenvalue weighted by molar-refractivity contribution is 9.08. The molecule has 54 valence electrons. The highest BCUT2D eigenvalue weighted by atomic mass is 79.9. The Morgan fingerprint density at radius 1 is 1.60 bits per heavy atom. The summed E-state index contributed by atoms with van der Waals surface area (Å²) >= 11 is 3.35. The van der Waals surface area contributed by atoms with E-state index in [2.05, 4.69) is 20.9 Å². The maximum atomic E-state index is 5.64. The fourth-order valence-corrected chi connectivity index (χ4v) is 1.56. The molecule has 1 heterocycles. The number of nitrogen functional groups attached to an aromatic ring is 1. The van der Waals surface area contributed by atoms with Crippen LogP contribution in [0.1, 0.15) is 11.1 Å². The molecule has 0 bridgehead atoms. The van der Waals surface area contributed by atoms with Gasteiger partial charge in [-0.25, -0.2) is 0 Å². The van der Waals surface area contributed by atoms with Crippen LogP contribution in [0.2, 0.25) is 0 Å². The molecular weight excluding hydrogens is 192 g/mol. The van der Waals surface area contributed by atoms with Gasteiger partial charge in [0.25, 0.3) is 0 Å². The van der Waals surface area contributed by atoms with Crippen molar-refractivity contribution in [2.45, 2.75) is 12.3 Å². The van der Waals surface area contributed by atoms with Gasteiger partial charge in [-0.1, -0.05) is 15.9 Å². The molecule has 0 radical (unpaired) electrons. The Kier molecular flexibility index (Phi) is 2.27. The van der Waals surface area contributed by atoms with Gasteiger partial charge in [0.1, 0.15) is 0 Å². The van der Waals surface area contributed by atoms with Crippen molar-refractivity contribution in [3.8, 4) is 0 Å². The zero-order chi connectivity index (χ0) is 7.56. The van der Waals surface area contributed by atoms with Crippen LogP contribution in [-0.2, 0) is 5.33 Å². The van der Waals surface area contributed by atoms with E-state index >= 15 is 0 Å².